The first-order valence-electron chi connectivity index (χ1n) is 15.7. The van der Waals surface area contributed by atoms with E-state index in [2.05, 4.69) is 68.1 Å². The van der Waals surface area contributed by atoms with Crippen LogP contribution in [0.3, 0.4) is 0 Å². The fourth-order valence-electron chi connectivity index (χ4n) is 12.3. The molecule has 0 spiro atoms. The quantitative estimate of drug-likeness (QED) is 0.276. The van der Waals surface area contributed by atoms with Crippen molar-refractivity contribution in [2.24, 2.45) is 62.6 Å². The van der Waals surface area contributed by atoms with Crippen molar-refractivity contribution in [3.63, 3.8) is 0 Å². The minimum Gasteiger partial charge on any atom is -0.414 e. The highest BCUT2D eigenvalue weighted by Crippen LogP contribution is 2.77. The summed E-state index contributed by atoms with van der Waals surface area (Å²) in [5, 5.41) is 0. The Bertz CT molecular complexity index is 875. The van der Waals surface area contributed by atoms with Crippen LogP contribution in [0, 0.1) is 62.6 Å². The molecule has 5 aliphatic rings. The van der Waals surface area contributed by atoms with E-state index in [1.54, 1.807) is 0 Å². The molecule has 0 heterocycles. The van der Waals surface area contributed by atoms with Crippen LogP contribution in [0.4, 0.5) is 0 Å². The Labute approximate surface area is 224 Å². The molecule has 0 aromatic rings. The third-order valence-electron chi connectivity index (χ3n) is 14.2. The van der Waals surface area contributed by atoms with Gasteiger partial charge in [-0.1, -0.05) is 48.5 Å². The van der Waals surface area contributed by atoms with Gasteiger partial charge in [0.15, 0.2) is 8.32 Å². The van der Waals surface area contributed by atoms with Crippen LogP contribution in [0.5, 0.6) is 0 Å². The van der Waals surface area contributed by atoms with Gasteiger partial charge in [-0.05, 0) is 141 Å². The average Bonchev–Trinajstić information content (AvgIpc) is 3.13. The second kappa shape index (κ2) is 8.42. The van der Waals surface area contributed by atoms with Crippen LogP contribution in [0.1, 0.15) is 113 Å². The average molecular weight is 515 g/mol. The molecule has 5 unspecified atom stereocenters. The van der Waals surface area contributed by atoms with Crippen molar-refractivity contribution < 1.29 is 9.22 Å². The van der Waals surface area contributed by atoms with Gasteiger partial charge in [-0.3, -0.25) is 0 Å². The van der Waals surface area contributed by atoms with Crippen LogP contribution in [0.2, 0.25) is 19.6 Å². The monoisotopic (exact) mass is 514 g/mol. The molecule has 0 bridgehead atoms. The molecule has 0 saturated heterocycles. The first kappa shape index (κ1) is 27.4. The van der Waals surface area contributed by atoms with Gasteiger partial charge in [0.25, 0.3) is 0 Å². The van der Waals surface area contributed by atoms with Crippen molar-refractivity contribution in [1.29, 1.82) is 0 Å². The van der Waals surface area contributed by atoms with Gasteiger partial charge in [-0.15, -0.1) is 0 Å². The van der Waals surface area contributed by atoms with Crippen LogP contribution in [0.15, 0.2) is 0 Å². The number of hydrogen-bond acceptors (Lipinski definition) is 2. The van der Waals surface area contributed by atoms with Gasteiger partial charge in [-0.25, -0.2) is 0 Å². The molecule has 11 atom stereocenters. The second-order valence-electron chi connectivity index (χ2n) is 17.1. The number of fused-ring (bicyclic) bond motifs is 7. The van der Waals surface area contributed by atoms with Crippen LogP contribution in [0.25, 0.3) is 0 Å². The van der Waals surface area contributed by atoms with E-state index >= 15 is 0 Å². The SMILES string of the molecule is CC(C=O)[C@@H]1CC[C@]2(C)CC[C@]3(C)C(CCC4[C@@]5(C)CC[C@H](O[Si](C)(C)C)C(C)(C)C5CC[C@]43C)C12. The predicted octanol–water partition coefficient (Wildman–Crippen LogP) is 9.14. The summed E-state index contributed by atoms with van der Waals surface area (Å²) in [4.78, 5) is 12.0. The molecule has 2 nitrogen and oxygen atoms in total. The van der Waals surface area contributed by atoms with E-state index < -0.39 is 8.32 Å². The Morgan fingerprint density at radius 1 is 0.778 bits per heavy atom. The predicted molar refractivity (Wildman–Crippen MR) is 153 cm³/mol. The summed E-state index contributed by atoms with van der Waals surface area (Å²) in [6.07, 6.45) is 15.3. The maximum atomic E-state index is 12.0. The lowest BCUT2D eigenvalue weighted by Gasteiger charge is -2.73. The fraction of sp³-hybridized carbons (Fsp3) is 0.970. The number of carbonyl (C=O) groups excluding carboxylic acids is 1. The Hall–Kier alpha value is -0.153. The summed E-state index contributed by atoms with van der Waals surface area (Å²) in [7, 11) is -1.56. The Morgan fingerprint density at radius 2 is 1.47 bits per heavy atom. The number of carbonyl (C=O) groups is 1. The van der Waals surface area contributed by atoms with Crippen molar-refractivity contribution in [3.8, 4) is 0 Å². The Balaban J connectivity index is 1.48. The molecule has 206 valence electrons. The van der Waals surface area contributed by atoms with Crippen molar-refractivity contribution in [1.82, 2.24) is 0 Å². The molecule has 0 radical (unpaired) electrons. The molecule has 5 rings (SSSR count). The molecule has 3 heteroatoms. The van der Waals surface area contributed by atoms with Crippen molar-refractivity contribution in [2.75, 3.05) is 0 Å². The molecule has 5 fully saturated rings. The van der Waals surface area contributed by atoms with E-state index in [0.717, 1.165) is 23.7 Å². The van der Waals surface area contributed by atoms with Gasteiger partial charge >= 0.3 is 0 Å². The second-order valence-corrected chi connectivity index (χ2v) is 21.6. The minimum absolute atomic E-state index is 0.223. The zero-order chi connectivity index (χ0) is 26.5. The van der Waals surface area contributed by atoms with Gasteiger partial charge in [0.2, 0.25) is 0 Å². The third-order valence-corrected chi connectivity index (χ3v) is 15.2. The maximum absolute atomic E-state index is 12.0. The molecule has 0 N–H and O–H groups in total. The molecule has 0 aromatic heterocycles. The molecule has 5 saturated carbocycles. The zero-order valence-corrected chi connectivity index (χ0v) is 26.5. The van der Waals surface area contributed by atoms with E-state index in [9.17, 15) is 4.79 Å². The molecule has 0 amide bonds. The minimum atomic E-state index is -1.56. The number of aldehydes is 1. The van der Waals surface area contributed by atoms with Crippen LogP contribution < -0.4 is 0 Å². The van der Waals surface area contributed by atoms with Gasteiger partial charge in [0.05, 0.1) is 6.10 Å². The summed E-state index contributed by atoms with van der Waals surface area (Å²) in [5.74, 6) is 3.97. The van der Waals surface area contributed by atoms with Crippen LogP contribution in [-0.2, 0) is 9.22 Å². The van der Waals surface area contributed by atoms with Crippen molar-refractivity contribution in [2.45, 2.75) is 138 Å². The smallest absolute Gasteiger partial charge is 0.184 e. The molecule has 0 aromatic carbocycles. The highest BCUT2D eigenvalue weighted by atomic mass is 28.4. The Kier molecular flexibility index (Phi) is 6.41. The number of rotatable bonds is 4. The largest absolute Gasteiger partial charge is 0.414 e. The summed E-state index contributed by atoms with van der Waals surface area (Å²) in [6, 6.07) is 0. The molecular formula is C33H58O2Si. The fourth-order valence-corrected chi connectivity index (χ4v) is 13.6. The zero-order valence-electron chi connectivity index (χ0n) is 25.5. The lowest BCUT2D eigenvalue weighted by molar-refractivity contribution is -0.246. The highest BCUT2D eigenvalue weighted by molar-refractivity contribution is 6.69. The number of hydrogen-bond donors (Lipinski definition) is 0. The first-order chi connectivity index (χ1) is 16.5. The van der Waals surface area contributed by atoms with E-state index in [0.29, 0.717) is 33.7 Å². The van der Waals surface area contributed by atoms with Crippen LogP contribution >= 0.6 is 0 Å². The summed E-state index contributed by atoms with van der Waals surface area (Å²) in [6.45, 7) is 25.3. The van der Waals surface area contributed by atoms with E-state index in [-0.39, 0.29) is 11.3 Å². The van der Waals surface area contributed by atoms with E-state index in [4.69, 9.17) is 4.43 Å². The Morgan fingerprint density at radius 3 is 2.11 bits per heavy atom. The summed E-state index contributed by atoms with van der Waals surface area (Å²) < 4.78 is 6.87. The van der Waals surface area contributed by atoms with Gasteiger partial charge in [0, 0.05) is 5.92 Å². The van der Waals surface area contributed by atoms with E-state index in [1.807, 2.05) is 0 Å². The summed E-state index contributed by atoms with van der Waals surface area (Å²) >= 11 is 0. The lowest BCUT2D eigenvalue weighted by atomic mass is 9.32. The van der Waals surface area contributed by atoms with Crippen molar-refractivity contribution in [3.05, 3.63) is 0 Å². The topological polar surface area (TPSA) is 26.3 Å². The van der Waals surface area contributed by atoms with Crippen LogP contribution in [-0.4, -0.2) is 20.7 Å². The normalized spacial score (nSPS) is 52.9. The maximum Gasteiger partial charge on any atom is 0.184 e. The molecule has 36 heavy (non-hydrogen) atoms. The van der Waals surface area contributed by atoms with Crippen molar-refractivity contribution >= 4 is 14.6 Å². The molecule has 0 aliphatic heterocycles. The lowest BCUT2D eigenvalue weighted by Crippen LogP contribution is -2.67. The summed E-state index contributed by atoms with van der Waals surface area (Å²) in [5.41, 5.74) is 1.98. The third kappa shape index (κ3) is 3.66. The van der Waals surface area contributed by atoms with Gasteiger partial charge < -0.3 is 9.22 Å². The van der Waals surface area contributed by atoms with E-state index in [1.165, 1.54) is 70.5 Å². The van der Waals surface area contributed by atoms with Gasteiger partial charge in [0.1, 0.15) is 6.29 Å². The van der Waals surface area contributed by atoms with Gasteiger partial charge in [-0.2, -0.15) is 0 Å². The molecular weight excluding hydrogens is 456 g/mol. The standard InChI is InChI=1S/C33H58O2Si/c1-22(21-34)23-13-16-30(4)19-20-32(6)24(28(23)30)11-12-26-31(5)17-15-27(35-36(8,9)10)29(2,3)25(31)14-18-33(26,32)7/h21-28H,11-20H2,1-10H3/t22?,23-,24?,25?,26?,27-,28?,30+,31-,32+,33+/m0/s1. The highest BCUT2D eigenvalue weighted by Gasteiger charge is 2.70. The molecule has 5 aliphatic carbocycles. The first-order valence-corrected chi connectivity index (χ1v) is 19.1.